The monoisotopic (exact) mass is 335 g/mol. The number of hydrogen-bond donors (Lipinski definition) is 1. The molecule has 124 valence electrons. The maximum Gasteiger partial charge on any atom is 0.269 e. The van der Waals surface area contributed by atoms with Crippen LogP contribution < -0.4 is 10.6 Å². The fraction of sp³-hybridized carbons (Fsp3) is 0.625. The van der Waals surface area contributed by atoms with E-state index in [0.717, 1.165) is 25.9 Å². The fourth-order valence-electron chi connectivity index (χ4n) is 3.49. The van der Waals surface area contributed by atoms with E-state index in [4.69, 9.17) is 5.73 Å². The van der Waals surface area contributed by atoms with Gasteiger partial charge in [-0.05, 0) is 50.0 Å². The summed E-state index contributed by atoms with van der Waals surface area (Å²) >= 11 is 0. The third kappa shape index (κ3) is 2.60. The normalized spacial score (nSPS) is 23.0. The lowest BCUT2D eigenvalue weighted by Crippen LogP contribution is -2.36. The fourth-order valence-corrected chi connectivity index (χ4v) is 5.11. The Hall–Kier alpha value is -1.63. The number of pyridine rings is 1. The number of nitrogens with two attached hydrogens (primary N) is 1. The van der Waals surface area contributed by atoms with Gasteiger partial charge in [0.25, 0.3) is 5.91 Å². The third-order valence-electron chi connectivity index (χ3n) is 5.49. The lowest BCUT2D eigenvalue weighted by molar-refractivity contribution is 0.0996. The average molecular weight is 335 g/mol. The van der Waals surface area contributed by atoms with Crippen molar-refractivity contribution >= 4 is 21.4 Å². The Morgan fingerprint density at radius 3 is 2.39 bits per heavy atom. The molecule has 23 heavy (non-hydrogen) atoms. The smallest absolute Gasteiger partial charge is 0.269 e. The van der Waals surface area contributed by atoms with E-state index in [0.29, 0.717) is 23.9 Å². The van der Waals surface area contributed by atoms with E-state index in [1.165, 1.54) is 19.0 Å². The number of primary amides is 1. The highest BCUT2D eigenvalue weighted by Crippen LogP contribution is 2.54. The standard InChI is InChI=1S/C16H21N3O3S/c17-15(20)14-13(19-7-5-16(3-4-16)6-8-19)9-12(10-18-14)23(21,22)11-1-2-11/h9-11H,1-8H2,(H2,17,20). The van der Waals surface area contributed by atoms with E-state index in [1.807, 2.05) is 0 Å². The van der Waals surface area contributed by atoms with Crippen LogP contribution in [0.1, 0.15) is 49.0 Å². The summed E-state index contributed by atoms with van der Waals surface area (Å²) in [6.45, 7) is 1.66. The second-order valence-corrected chi connectivity index (χ2v) is 9.36. The lowest BCUT2D eigenvalue weighted by Gasteiger charge is -2.34. The third-order valence-corrected chi connectivity index (χ3v) is 7.72. The number of anilines is 1. The van der Waals surface area contributed by atoms with Gasteiger partial charge in [-0.25, -0.2) is 13.4 Å². The van der Waals surface area contributed by atoms with Gasteiger partial charge >= 0.3 is 0 Å². The molecular weight excluding hydrogens is 314 g/mol. The summed E-state index contributed by atoms with van der Waals surface area (Å²) < 4.78 is 24.9. The Morgan fingerprint density at radius 1 is 1.22 bits per heavy atom. The van der Waals surface area contributed by atoms with Crippen LogP contribution in [0.3, 0.4) is 0 Å². The Morgan fingerprint density at radius 2 is 1.87 bits per heavy atom. The number of aromatic nitrogens is 1. The van der Waals surface area contributed by atoms with Crippen LogP contribution >= 0.6 is 0 Å². The summed E-state index contributed by atoms with van der Waals surface area (Å²) in [4.78, 5) is 18.1. The summed E-state index contributed by atoms with van der Waals surface area (Å²) in [5.74, 6) is -0.609. The first-order chi connectivity index (χ1) is 10.9. The highest BCUT2D eigenvalue weighted by atomic mass is 32.2. The van der Waals surface area contributed by atoms with Crippen LogP contribution in [0.5, 0.6) is 0 Å². The Balaban J connectivity index is 1.69. The van der Waals surface area contributed by atoms with Crippen LogP contribution in [-0.2, 0) is 9.84 Å². The van der Waals surface area contributed by atoms with Gasteiger partial charge in [0, 0.05) is 19.3 Å². The second-order valence-electron chi connectivity index (χ2n) is 7.13. The number of amides is 1. The van der Waals surface area contributed by atoms with Gasteiger partial charge in [-0.3, -0.25) is 4.79 Å². The van der Waals surface area contributed by atoms with Gasteiger partial charge in [0.1, 0.15) is 0 Å². The van der Waals surface area contributed by atoms with Crippen LogP contribution in [0.15, 0.2) is 17.2 Å². The molecule has 0 radical (unpaired) electrons. The van der Waals surface area contributed by atoms with E-state index in [1.54, 1.807) is 6.07 Å². The number of nitrogens with zero attached hydrogens (tertiary/aromatic N) is 2. The first kappa shape index (κ1) is 14.9. The molecule has 2 aliphatic carbocycles. The highest BCUT2D eigenvalue weighted by Gasteiger charge is 2.45. The molecule has 4 rings (SSSR count). The number of carbonyl (C=O) groups is 1. The predicted molar refractivity (Wildman–Crippen MR) is 86.1 cm³/mol. The van der Waals surface area contributed by atoms with Gasteiger partial charge in [-0.1, -0.05) is 0 Å². The molecule has 1 aromatic rings. The molecule has 3 fully saturated rings. The summed E-state index contributed by atoms with van der Waals surface area (Å²) in [5.41, 5.74) is 6.70. The molecule has 3 aliphatic rings. The molecule has 6 nitrogen and oxygen atoms in total. The van der Waals surface area contributed by atoms with Crippen molar-refractivity contribution in [2.24, 2.45) is 11.1 Å². The molecule has 1 amide bonds. The van der Waals surface area contributed by atoms with E-state index in [2.05, 4.69) is 9.88 Å². The van der Waals surface area contributed by atoms with Crippen LogP contribution in [0.4, 0.5) is 5.69 Å². The minimum atomic E-state index is -3.32. The molecule has 7 heteroatoms. The van der Waals surface area contributed by atoms with Gasteiger partial charge in [-0.2, -0.15) is 0 Å². The number of carbonyl (C=O) groups excluding carboxylic acids is 1. The van der Waals surface area contributed by atoms with Crippen molar-refractivity contribution in [3.63, 3.8) is 0 Å². The average Bonchev–Trinajstić information content (AvgIpc) is 3.42. The molecule has 0 bridgehead atoms. The summed E-state index contributed by atoms with van der Waals surface area (Å²) in [5, 5.41) is -0.285. The summed E-state index contributed by atoms with van der Waals surface area (Å²) in [6.07, 6.45) is 7.46. The zero-order valence-electron chi connectivity index (χ0n) is 13.0. The van der Waals surface area contributed by atoms with E-state index in [-0.39, 0.29) is 15.8 Å². The van der Waals surface area contributed by atoms with Crippen molar-refractivity contribution in [2.45, 2.75) is 48.7 Å². The van der Waals surface area contributed by atoms with Crippen molar-refractivity contribution < 1.29 is 13.2 Å². The summed E-state index contributed by atoms with van der Waals surface area (Å²) in [6, 6.07) is 1.60. The van der Waals surface area contributed by atoms with Gasteiger partial charge < -0.3 is 10.6 Å². The molecule has 2 saturated carbocycles. The van der Waals surface area contributed by atoms with E-state index >= 15 is 0 Å². The Labute approximate surface area is 136 Å². The van der Waals surface area contributed by atoms with Crippen molar-refractivity contribution in [3.8, 4) is 0 Å². The quantitative estimate of drug-likeness (QED) is 0.900. The van der Waals surface area contributed by atoms with Gasteiger partial charge in [0.15, 0.2) is 15.5 Å². The molecule has 0 unspecified atom stereocenters. The maximum atomic E-state index is 12.4. The van der Waals surface area contributed by atoms with E-state index in [9.17, 15) is 13.2 Å². The molecule has 1 saturated heterocycles. The summed E-state index contributed by atoms with van der Waals surface area (Å²) in [7, 11) is -3.32. The topological polar surface area (TPSA) is 93.4 Å². The predicted octanol–water partition coefficient (Wildman–Crippen LogP) is 1.50. The molecule has 1 spiro atoms. The highest BCUT2D eigenvalue weighted by molar-refractivity contribution is 7.92. The number of hydrogen-bond acceptors (Lipinski definition) is 5. The minimum Gasteiger partial charge on any atom is -0.370 e. The Bertz CT molecular complexity index is 757. The lowest BCUT2D eigenvalue weighted by atomic mass is 9.93. The number of piperidine rings is 1. The van der Waals surface area contributed by atoms with Crippen LogP contribution in [0, 0.1) is 5.41 Å². The van der Waals surface area contributed by atoms with Gasteiger partial charge in [0.2, 0.25) is 0 Å². The van der Waals surface area contributed by atoms with Crippen LogP contribution in [0.2, 0.25) is 0 Å². The van der Waals surface area contributed by atoms with Crippen molar-refractivity contribution in [1.82, 2.24) is 4.98 Å². The minimum absolute atomic E-state index is 0.173. The Kier molecular flexibility index (Phi) is 3.20. The van der Waals surface area contributed by atoms with E-state index < -0.39 is 15.7 Å². The SMILES string of the molecule is NC(=O)c1ncc(S(=O)(=O)C2CC2)cc1N1CCC2(CC1)CC2. The van der Waals surface area contributed by atoms with Gasteiger partial charge in [0.05, 0.1) is 15.8 Å². The number of sulfone groups is 1. The zero-order chi connectivity index (χ0) is 16.2. The van der Waals surface area contributed by atoms with Crippen molar-refractivity contribution in [2.75, 3.05) is 18.0 Å². The molecular formula is C16H21N3O3S. The zero-order valence-corrected chi connectivity index (χ0v) is 13.8. The van der Waals surface area contributed by atoms with Gasteiger partial charge in [-0.15, -0.1) is 0 Å². The molecule has 1 aromatic heterocycles. The first-order valence-electron chi connectivity index (χ1n) is 8.20. The largest absolute Gasteiger partial charge is 0.370 e. The maximum absolute atomic E-state index is 12.4. The molecule has 2 heterocycles. The molecule has 2 N–H and O–H groups in total. The van der Waals surface area contributed by atoms with Crippen LogP contribution in [-0.4, -0.2) is 37.6 Å². The second kappa shape index (κ2) is 4.93. The van der Waals surface area contributed by atoms with Crippen LogP contribution in [0.25, 0.3) is 0 Å². The van der Waals surface area contributed by atoms with Crippen molar-refractivity contribution in [3.05, 3.63) is 18.0 Å². The van der Waals surface area contributed by atoms with Crippen molar-refractivity contribution in [1.29, 1.82) is 0 Å². The number of rotatable bonds is 4. The molecule has 0 aromatic carbocycles. The molecule has 1 aliphatic heterocycles. The molecule has 0 atom stereocenters. The first-order valence-corrected chi connectivity index (χ1v) is 9.75.